The molecule has 0 atom stereocenters. The number of benzene rings is 3. The molecule has 146 valence electrons. The third-order valence-corrected chi connectivity index (χ3v) is 4.07. The van der Waals surface area contributed by atoms with Gasteiger partial charge in [0.25, 0.3) is 11.8 Å². The van der Waals surface area contributed by atoms with E-state index in [-0.39, 0.29) is 5.91 Å². The summed E-state index contributed by atoms with van der Waals surface area (Å²) in [4.78, 5) is 36.8. The van der Waals surface area contributed by atoms with Crippen LogP contribution in [0.1, 0.15) is 26.3 Å². The molecule has 0 aliphatic rings. The SMILES string of the molecule is Cc1cccc(C(=O)OCC(=O)Nc2ccccc2C(=O)Nc2ccccc2)c1. The second kappa shape index (κ2) is 9.32. The standard InChI is InChI=1S/C23H20N2O4/c1-16-8-7-9-17(14-16)23(28)29-15-21(26)25-20-13-6-5-12-19(20)22(27)24-18-10-3-2-4-11-18/h2-14H,15H2,1H3,(H,24,27)(H,25,26). The van der Waals surface area contributed by atoms with Crippen molar-refractivity contribution >= 4 is 29.2 Å². The Labute approximate surface area is 168 Å². The molecule has 0 saturated heterocycles. The number of anilines is 2. The first-order chi connectivity index (χ1) is 14.0. The predicted octanol–water partition coefficient (Wildman–Crippen LogP) is 4.04. The lowest BCUT2D eigenvalue weighted by atomic mass is 10.1. The van der Waals surface area contributed by atoms with E-state index in [2.05, 4.69) is 10.6 Å². The molecule has 0 radical (unpaired) electrons. The molecule has 0 bridgehead atoms. The Morgan fingerprint density at radius 2 is 1.55 bits per heavy atom. The van der Waals surface area contributed by atoms with Crippen LogP contribution in [0.2, 0.25) is 0 Å². The van der Waals surface area contributed by atoms with Crippen molar-refractivity contribution in [3.63, 3.8) is 0 Å². The maximum atomic E-state index is 12.6. The van der Waals surface area contributed by atoms with Gasteiger partial charge in [-0.15, -0.1) is 0 Å². The number of esters is 1. The molecule has 3 aromatic carbocycles. The van der Waals surface area contributed by atoms with Crippen LogP contribution >= 0.6 is 0 Å². The lowest BCUT2D eigenvalue weighted by Gasteiger charge is -2.12. The van der Waals surface area contributed by atoms with E-state index in [1.807, 2.05) is 31.2 Å². The van der Waals surface area contributed by atoms with E-state index in [0.29, 0.717) is 22.5 Å². The van der Waals surface area contributed by atoms with E-state index in [1.165, 1.54) is 0 Å². The minimum Gasteiger partial charge on any atom is -0.452 e. The van der Waals surface area contributed by atoms with Gasteiger partial charge in [0, 0.05) is 5.69 Å². The Kier molecular flexibility index (Phi) is 6.37. The molecule has 3 aromatic rings. The number of ether oxygens (including phenoxy) is 1. The van der Waals surface area contributed by atoms with E-state index < -0.39 is 18.5 Å². The van der Waals surface area contributed by atoms with E-state index in [4.69, 9.17) is 4.74 Å². The fourth-order valence-corrected chi connectivity index (χ4v) is 2.68. The van der Waals surface area contributed by atoms with Crippen molar-refractivity contribution in [2.45, 2.75) is 6.92 Å². The van der Waals surface area contributed by atoms with Gasteiger partial charge in [-0.3, -0.25) is 9.59 Å². The van der Waals surface area contributed by atoms with Crippen LogP contribution < -0.4 is 10.6 Å². The van der Waals surface area contributed by atoms with Gasteiger partial charge in [0.2, 0.25) is 0 Å². The van der Waals surface area contributed by atoms with Crippen LogP contribution in [0.25, 0.3) is 0 Å². The molecule has 0 unspecified atom stereocenters. The number of hydrogen-bond acceptors (Lipinski definition) is 4. The lowest BCUT2D eigenvalue weighted by molar-refractivity contribution is -0.119. The highest BCUT2D eigenvalue weighted by molar-refractivity contribution is 6.10. The average molecular weight is 388 g/mol. The molecule has 2 N–H and O–H groups in total. The zero-order valence-corrected chi connectivity index (χ0v) is 15.8. The third-order valence-electron chi connectivity index (χ3n) is 4.07. The number of carbonyl (C=O) groups is 3. The fraction of sp³-hybridized carbons (Fsp3) is 0.0870. The first-order valence-electron chi connectivity index (χ1n) is 9.02. The topological polar surface area (TPSA) is 84.5 Å². The molecule has 6 heteroatoms. The van der Waals surface area contributed by atoms with Crippen molar-refractivity contribution in [3.8, 4) is 0 Å². The number of aryl methyl sites for hydroxylation is 1. The van der Waals surface area contributed by atoms with E-state index in [1.54, 1.807) is 54.6 Å². The van der Waals surface area contributed by atoms with Gasteiger partial charge in [-0.2, -0.15) is 0 Å². The molecule has 29 heavy (non-hydrogen) atoms. The van der Waals surface area contributed by atoms with Crippen molar-refractivity contribution in [1.29, 1.82) is 0 Å². The average Bonchev–Trinajstić information content (AvgIpc) is 2.73. The number of rotatable bonds is 6. The summed E-state index contributed by atoms with van der Waals surface area (Å²) in [7, 11) is 0. The van der Waals surface area contributed by atoms with Crippen LogP contribution in [-0.2, 0) is 9.53 Å². The summed E-state index contributed by atoms with van der Waals surface area (Å²) in [5.74, 6) is -1.48. The molecular weight excluding hydrogens is 368 g/mol. The Morgan fingerprint density at radius 1 is 0.828 bits per heavy atom. The molecule has 2 amide bonds. The molecule has 0 aliphatic carbocycles. The van der Waals surface area contributed by atoms with E-state index in [0.717, 1.165) is 5.56 Å². The molecule has 6 nitrogen and oxygen atoms in total. The zero-order chi connectivity index (χ0) is 20.6. The number of hydrogen-bond donors (Lipinski definition) is 2. The molecule has 3 rings (SSSR count). The van der Waals surface area contributed by atoms with Gasteiger partial charge in [0.15, 0.2) is 6.61 Å². The summed E-state index contributed by atoms with van der Waals surface area (Å²) in [6, 6.07) is 22.5. The molecule has 0 fully saturated rings. The Morgan fingerprint density at radius 3 is 2.31 bits per heavy atom. The minimum atomic E-state index is -0.584. The maximum Gasteiger partial charge on any atom is 0.338 e. The molecule has 0 spiro atoms. The largest absolute Gasteiger partial charge is 0.452 e. The molecule has 0 aliphatic heterocycles. The normalized spacial score (nSPS) is 10.1. The summed E-state index contributed by atoms with van der Waals surface area (Å²) in [5.41, 5.74) is 2.57. The second-order valence-corrected chi connectivity index (χ2v) is 6.36. The monoisotopic (exact) mass is 388 g/mol. The molecule has 0 aromatic heterocycles. The van der Waals surface area contributed by atoms with Gasteiger partial charge in [-0.25, -0.2) is 4.79 Å². The quantitative estimate of drug-likeness (QED) is 0.624. The van der Waals surface area contributed by atoms with Crippen molar-refractivity contribution in [2.75, 3.05) is 17.2 Å². The first kappa shape index (κ1) is 19.8. The van der Waals surface area contributed by atoms with Crippen LogP contribution in [0.3, 0.4) is 0 Å². The summed E-state index contributed by atoms with van der Waals surface area (Å²) >= 11 is 0. The fourth-order valence-electron chi connectivity index (χ4n) is 2.68. The van der Waals surface area contributed by atoms with Crippen LogP contribution in [-0.4, -0.2) is 24.4 Å². The smallest absolute Gasteiger partial charge is 0.338 e. The Balaban J connectivity index is 1.62. The number of amides is 2. The first-order valence-corrected chi connectivity index (χ1v) is 9.02. The summed E-state index contributed by atoms with van der Waals surface area (Å²) in [6.07, 6.45) is 0. The molecule has 0 saturated carbocycles. The van der Waals surface area contributed by atoms with Crippen molar-refractivity contribution in [1.82, 2.24) is 0 Å². The van der Waals surface area contributed by atoms with Crippen molar-refractivity contribution in [3.05, 3.63) is 95.6 Å². The van der Waals surface area contributed by atoms with E-state index in [9.17, 15) is 14.4 Å². The maximum absolute atomic E-state index is 12.6. The number of nitrogens with one attached hydrogen (secondary N) is 2. The molecule has 0 heterocycles. The van der Waals surface area contributed by atoms with Gasteiger partial charge >= 0.3 is 5.97 Å². The van der Waals surface area contributed by atoms with Crippen molar-refractivity contribution in [2.24, 2.45) is 0 Å². The van der Waals surface area contributed by atoms with Gasteiger partial charge in [0.1, 0.15) is 0 Å². The van der Waals surface area contributed by atoms with Crippen LogP contribution in [0.4, 0.5) is 11.4 Å². The highest BCUT2D eigenvalue weighted by atomic mass is 16.5. The van der Waals surface area contributed by atoms with Gasteiger partial charge in [-0.1, -0.05) is 48.0 Å². The Bertz CT molecular complexity index is 1030. The van der Waals surface area contributed by atoms with Gasteiger partial charge < -0.3 is 15.4 Å². The van der Waals surface area contributed by atoms with Crippen LogP contribution in [0.15, 0.2) is 78.9 Å². The highest BCUT2D eigenvalue weighted by Crippen LogP contribution is 2.17. The number of carbonyl (C=O) groups excluding carboxylic acids is 3. The minimum absolute atomic E-state index is 0.301. The summed E-state index contributed by atoms with van der Waals surface area (Å²) in [5, 5.41) is 5.39. The third kappa shape index (κ3) is 5.52. The lowest BCUT2D eigenvalue weighted by Crippen LogP contribution is -2.23. The zero-order valence-electron chi connectivity index (χ0n) is 15.8. The summed E-state index contributed by atoms with van der Waals surface area (Å²) in [6.45, 7) is 1.41. The van der Waals surface area contributed by atoms with Crippen LogP contribution in [0, 0.1) is 6.92 Å². The van der Waals surface area contributed by atoms with Crippen molar-refractivity contribution < 1.29 is 19.1 Å². The predicted molar refractivity (Wildman–Crippen MR) is 111 cm³/mol. The second-order valence-electron chi connectivity index (χ2n) is 6.36. The van der Waals surface area contributed by atoms with E-state index >= 15 is 0 Å². The Hall–Kier alpha value is -3.93. The summed E-state index contributed by atoms with van der Waals surface area (Å²) < 4.78 is 5.06. The molecular formula is C23H20N2O4. The van der Waals surface area contributed by atoms with Crippen LogP contribution in [0.5, 0.6) is 0 Å². The van der Waals surface area contributed by atoms with Gasteiger partial charge in [0.05, 0.1) is 16.8 Å². The highest BCUT2D eigenvalue weighted by Gasteiger charge is 2.15. The van der Waals surface area contributed by atoms with Gasteiger partial charge in [-0.05, 0) is 43.3 Å². The number of para-hydroxylation sites is 2.